The monoisotopic (exact) mass is 649 g/mol. The van der Waals surface area contributed by atoms with Gasteiger partial charge in [-0.3, -0.25) is 14.2 Å². The molecule has 1 unspecified atom stereocenters. The molecule has 1 saturated heterocycles. The summed E-state index contributed by atoms with van der Waals surface area (Å²) in [4.78, 5) is 46.1. The molecule has 0 N–H and O–H groups in total. The van der Waals surface area contributed by atoms with Crippen LogP contribution in [0.3, 0.4) is 0 Å². The second-order valence-corrected chi connectivity index (χ2v) is 13.0. The number of benzene rings is 1. The quantitative estimate of drug-likeness (QED) is 0.208. The number of thiophene rings is 1. The molecule has 0 bridgehead atoms. The maximum atomic E-state index is 14.8. The Bertz CT molecular complexity index is 1940. The number of amides is 1. The molecule has 0 radical (unpaired) electrons. The molecule has 4 heterocycles. The summed E-state index contributed by atoms with van der Waals surface area (Å²) in [6.45, 7) is 7.20. The van der Waals surface area contributed by atoms with Crippen molar-refractivity contribution in [1.29, 1.82) is 5.26 Å². The van der Waals surface area contributed by atoms with Gasteiger partial charge in [0, 0.05) is 17.2 Å². The van der Waals surface area contributed by atoms with Crippen LogP contribution in [-0.4, -0.2) is 60.2 Å². The number of likely N-dealkylation sites (tertiary alicyclic amines) is 1. The van der Waals surface area contributed by atoms with Crippen LogP contribution in [0.25, 0.3) is 15.2 Å². The first-order valence-electron chi connectivity index (χ1n) is 15.5. The molecular formula is C32H36FN7O5S. The third-order valence-electron chi connectivity index (χ3n) is 9.22. The molecular weight excluding hydrogens is 613 g/mol. The zero-order valence-electron chi connectivity index (χ0n) is 26.2. The summed E-state index contributed by atoms with van der Waals surface area (Å²) in [6.07, 6.45) is 6.03. The highest BCUT2D eigenvalue weighted by Gasteiger charge is 2.55. The second-order valence-electron chi connectivity index (χ2n) is 12.0. The van der Waals surface area contributed by atoms with Crippen LogP contribution in [0.5, 0.6) is 5.75 Å². The fourth-order valence-corrected chi connectivity index (χ4v) is 7.62. The smallest absolute Gasteiger partial charge is 0.333 e. The number of carbonyl (C=O) groups excluding carboxylic acids is 1. The fraction of sp³-hybridized carbons (Fsp3) is 0.500. The molecule has 1 saturated carbocycles. The van der Waals surface area contributed by atoms with Gasteiger partial charge in [0.1, 0.15) is 39.1 Å². The highest BCUT2D eigenvalue weighted by molar-refractivity contribution is 7.21. The zero-order chi connectivity index (χ0) is 32.7. The minimum absolute atomic E-state index is 0.124. The van der Waals surface area contributed by atoms with Crippen LogP contribution in [0.2, 0.25) is 0 Å². The molecule has 2 aliphatic rings. The number of carbonyl (C=O) groups is 1. The molecule has 46 heavy (non-hydrogen) atoms. The van der Waals surface area contributed by atoms with Gasteiger partial charge in [-0.2, -0.15) is 15.5 Å². The van der Waals surface area contributed by atoms with E-state index in [1.54, 1.807) is 18.7 Å². The highest BCUT2D eigenvalue weighted by Crippen LogP contribution is 2.39. The number of β-lactam (4-membered cyclic amide) rings is 1. The summed E-state index contributed by atoms with van der Waals surface area (Å²) in [6, 6.07) is 6.01. The summed E-state index contributed by atoms with van der Waals surface area (Å²) in [5, 5.41) is 18.5. The molecule has 14 heteroatoms. The van der Waals surface area contributed by atoms with E-state index in [1.807, 2.05) is 19.9 Å². The van der Waals surface area contributed by atoms with Crippen LogP contribution in [-0.2, 0) is 21.6 Å². The van der Waals surface area contributed by atoms with E-state index in [1.165, 1.54) is 51.3 Å². The number of nitrogens with zero attached hydrogens (tertiary/aromatic N) is 7. The van der Waals surface area contributed by atoms with Crippen LogP contribution in [0.1, 0.15) is 70.1 Å². The van der Waals surface area contributed by atoms with Gasteiger partial charge in [-0.15, -0.1) is 4.80 Å². The Hall–Kier alpha value is -4.35. The Morgan fingerprint density at radius 1 is 1.17 bits per heavy atom. The molecule has 3 aromatic heterocycles. The van der Waals surface area contributed by atoms with E-state index in [0.717, 1.165) is 23.8 Å². The number of aryl methyl sites for hydroxylation is 1. The van der Waals surface area contributed by atoms with E-state index in [9.17, 15) is 24.0 Å². The Kier molecular flexibility index (Phi) is 8.56. The van der Waals surface area contributed by atoms with Crippen LogP contribution in [0, 0.1) is 24.1 Å². The van der Waals surface area contributed by atoms with E-state index in [0.29, 0.717) is 33.8 Å². The minimum atomic E-state index is -1.37. The number of halogens is 1. The third kappa shape index (κ3) is 5.21. The summed E-state index contributed by atoms with van der Waals surface area (Å²) in [5.41, 5.74) is -1.71. The number of ether oxygens (including phenoxy) is 2. The van der Waals surface area contributed by atoms with Crippen molar-refractivity contribution in [3.8, 4) is 16.8 Å². The Labute approximate surface area is 268 Å². The van der Waals surface area contributed by atoms with E-state index in [2.05, 4.69) is 10.2 Å². The first-order valence-corrected chi connectivity index (χ1v) is 16.4. The largest absolute Gasteiger partial charge is 0.478 e. The average Bonchev–Trinajstić information content (AvgIpc) is 3.67. The lowest BCUT2D eigenvalue weighted by atomic mass is 9.82. The molecule has 4 aromatic rings. The maximum absolute atomic E-state index is 14.8. The average molecular weight is 650 g/mol. The number of fused-ring (bicyclic) bond motifs is 1. The zero-order valence-corrected chi connectivity index (χ0v) is 27.1. The van der Waals surface area contributed by atoms with Gasteiger partial charge < -0.3 is 14.4 Å². The predicted octanol–water partition coefficient (Wildman–Crippen LogP) is 4.21. The predicted molar refractivity (Wildman–Crippen MR) is 169 cm³/mol. The van der Waals surface area contributed by atoms with Gasteiger partial charge in [0.05, 0.1) is 37.0 Å². The van der Waals surface area contributed by atoms with Gasteiger partial charge >= 0.3 is 5.69 Å². The summed E-state index contributed by atoms with van der Waals surface area (Å²) >= 11 is 1.18. The standard InChI is InChI=1S/C32H36FN7O5S/c1-5-22(6-2)45-25(23-16-20(33)10-11-24(23)44-15-12-34)17-37-29-26(19(3)28(46-29)40-35-13-14-36-40)27(41)39(31(37)43)32(4)18-38(30(32)42)21-8-7-9-21/h10-11,13-14,16,21-22,25H,5-9,15,17-18H2,1-4H3/t25-,32?/m0/s1. The van der Waals surface area contributed by atoms with Gasteiger partial charge in [-0.05, 0) is 64.2 Å². The molecule has 1 amide bonds. The molecule has 1 aliphatic heterocycles. The lowest BCUT2D eigenvalue weighted by Gasteiger charge is -2.52. The van der Waals surface area contributed by atoms with Crippen molar-refractivity contribution in [2.45, 2.75) is 90.1 Å². The van der Waals surface area contributed by atoms with Gasteiger partial charge in [-0.1, -0.05) is 25.2 Å². The van der Waals surface area contributed by atoms with E-state index in [4.69, 9.17) is 9.47 Å². The van der Waals surface area contributed by atoms with Gasteiger partial charge in [-0.25, -0.2) is 13.8 Å². The summed E-state index contributed by atoms with van der Waals surface area (Å²) in [5.74, 6) is -0.550. The Balaban J connectivity index is 1.56. The summed E-state index contributed by atoms with van der Waals surface area (Å²) < 4.78 is 29.5. The van der Waals surface area contributed by atoms with Crippen molar-refractivity contribution >= 4 is 27.5 Å². The molecule has 1 aromatic carbocycles. The van der Waals surface area contributed by atoms with Crippen molar-refractivity contribution in [2.75, 3.05) is 13.2 Å². The van der Waals surface area contributed by atoms with Crippen LogP contribution in [0.4, 0.5) is 4.39 Å². The molecule has 6 rings (SSSR count). The SMILES string of the molecule is CCC(CC)O[C@@H](Cn1c(=O)n(C2(C)CN(C3CCC3)C2=O)c(=O)c2c(C)c(-n3nccn3)sc21)c1cc(F)ccc1OCC#N. The van der Waals surface area contributed by atoms with Crippen molar-refractivity contribution < 1.29 is 18.7 Å². The van der Waals surface area contributed by atoms with Crippen molar-refractivity contribution in [2.24, 2.45) is 0 Å². The molecule has 242 valence electrons. The molecule has 1 aliphatic carbocycles. The molecule has 2 fully saturated rings. The van der Waals surface area contributed by atoms with Crippen LogP contribution in [0.15, 0.2) is 40.2 Å². The van der Waals surface area contributed by atoms with Crippen molar-refractivity contribution in [3.05, 3.63) is 68.4 Å². The number of nitriles is 1. The molecule has 12 nitrogen and oxygen atoms in total. The normalized spacial score (nSPS) is 18.9. The van der Waals surface area contributed by atoms with Crippen LogP contribution >= 0.6 is 11.3 Å². The molecule has 0 spiro atoms. The molecule has 2 atom stereocenters. The highest BCUT2D eigenvalue weighted by atomic mass is 32.1. The lowest BCUT2D eigenvalue weighted by molar-refractivity contribution is -0.163. The van der Waals surface area contributed by atoms with Gasteiger partial charge in [0.2, 0.25) is 0 Å². The third-order valence-corrected chi connectivity index (χ3v) is 10.5. The number of hydrogen-bond acceptors (Lipinski definition) is 9. The fourth-order valence-electron chi connectivity index (χ4n) is 6.40. The number of aromatic nitrogens is 5. The van der Waals surface area contributed by atoms with E-state index >= 15 is 0 Å². The van der Waals surface area contributed by atoms with Crippen molar-refractivity contribution in [3.63, 3.8) is 0 Å². The van der Waals surface area contributed by atoms with Crippen molar-refractivity contribution in [1.82, 2.24) is 29.0 Å². The Morgan fingerprint density at radius 2 is 1.89 bits per heavy atom. The maximum Gasteiger partial charge on any atom is 0.333 e. The van der Waals surface area contributed by atoms with Gasteiger partial charge in [0.25, 0.3) is 11.5 Å². The summed E-state index contributed by atoms with van der Waals surface area (Å²) in [7, 11) is 0. The second kappa shape index (κ2) is 12.4. The number of rotatable bonds is 12. The van der Waals surface area contributed by atoms with E-state index < -0.39 is 28.7 Å². The minimum Gasteiger partial charge on any atom is -0.478 e. The lowest BCUT2D eigenvalue weighted by Crippen LogP contribution is -2.73. The Morgan fingerprint density at radius 3 is 2.50 bits per heavy atom. The van der Waals surface area contributed by atoms with Gasteiger partial charge in [0.15, 0.2) is 6.61 Å². The topological polar surface area (TPSA) is 137 Å². The first-order chi connectivity index (χ1) is 22.1. The number of hydrogen-bond donors (Lipinski definition) is 0. The van der Waals surface area contributed by atoms with Crippen LogP contribution < -0.4 is 16.0 Å². The first kappa shape index (κ1) is 31.6. The van der Waals surface area contributed by atoms with E-state index in [-0.39, 0.29) is 48.9 Å².